The zero-order valence-electron chi connectivity index (χ0n) is 11.3. The van der Waals surface area contributed by atoms with Crippen LogP contribution in [0.3, 0.4) is 0 Å². The molecule has 0 aromatic rings. The van der Waals surface area contributed by atoms with Gasteiger partial charge in [-0.2, -0.15) is 5.06 Å². The van der Waals surface area contributed by atoms with Crippen molar-refractivity contribution in [2.45, 2.75) is 58.9 Å². The number of hydroxylamine groups is 2. The Morgan fingerprint density at radius 2 is 1.94 bits per heavy atom. The number of ether oxygens (including phenoxy) is 1. The Bertz CT molecular complexity index is 225. The van der Waals surface area contributed by atoms with E-state index in [1.807, 2.05) is 6.92 Å². The molecule has 0 unspecified atom stereocenters. The molecule has 1 aliphatic carbocycles. The first-order valence-corrected chi connectivity index (χ1v) is 6.74. The van der Waals surface area contributed by atoms with Crippen LogP contribution in [-0.4, -0.2) is 30.4 Å². The van der Waals surface area contributed by atoms with Crippen molar-refractivity contribution in [3.8, 4) is 0 Å². The Morgan fingerprint density at radius 3 is 2.47 bits per heavy atom. The molecule has 0 N–H and O–H groups in total. The highest BCUT2D eigenvalue weighted by Gasteiger charge is 2.27. The number of carbonyl (C=O) groups is 1. The summed E-state index contributed by atoms with van der Waals surface area (Å²) in [6.07, 6.45) is 5.32. The summed E-state index contributed by atoms with van der Waals surface area (Å²) >= 11 is 0. The predicted molar refractivity (Wildman–Crippen MR) is 66.5 cm³/mol. The van der Waals surface area contributed by atoms with Crippen molar-refractivity contribution in [1.29, 1.82) is 0 Å². The predicted octanol–water partition coefficient (Wildman–Crippen LogP) is 3.37. The maximum absolute atomic E-state index is 11.8. The van der Waals surface area contributed by atoms with Crippen LogP contribution in [0.1, 0.15) is 52.9 Å². The molecule has 100 valence electrons. The van der Waals surface area contributed by atoms with E-state index in [0.29, 0.717) is 19.1 Å². The summed E-state index contributed by atoms with van der Waals surface area (Å²) in [7, 11) is 0. The van der Waals surface area contributed by atoms with Gasteiger partial charge in [-0.25, -0.2) is 4.79 Å². The molecule has 1 amide bonds. The SMILES string of the molecule is CCOC(=O)N(OCC(C)C)C1CCCCC1. The molecular weight excluding hydrogens is 218 g/mol. The van der Waals surface area contributed by atoms with Crippen LogP contribution in [0.15, 0.2) is 0 Å². The van der Waals surface area contributed by atoms with Crippen molar-refractivity contribution in [2.24, 2.45) is 5.92 Å². The third-order valence-electron chi connectivity index (χ3n) is 2.90. The Hall–Kier alpha value is -0.770. The molecule has 1 rings (SSSR count). The van der Waals surface area contributed by atoms with Gasteiger partial charge in [0.05, 0.1) is 19.3 Å². The number of amides is 1. The average molecular weight is 243 g/mol. The first-order chi connectivity index (χ1) is 8.15. The van der Waals surface area contributed by atoms with Gasteiger partial charge in [0.1, 0.15) is 0 Å². The quantitative estimate of drug-likeness (QED) is 0.695. The summed E-state index contributed by atoms with van der Waals surface area (Å²) in [4.78, 5) is 17.4. The van der Waals surface area contributed by atoms with Gasteiger partial charge < -0.3 is 4.74 Å². The minimum Gasteiger partial charge on any atom is -0.448 e. The minimum atomic E-state index is -0.333. The third kappa shape index (κ3) is 4.94. The summed E-state index contributed by atoms with van der Waals surface area (Å²) in [6.45, 7) is 6.93. The minimum absolute atomic E-state index is 0.196. The van der Waals surface area contributed by atoms with E-state index in [9.17, 15) is 4.79 Å². The van der Waals surface area contributed by atoms with Gasteiger partial charge in [-0.3, -0.25) is 4.84 Å². The fourth-order valence-electron chi connectivity index (χ4n) is 2.04. The van der Waals surface area contributed by atoms with E-state index in [1.165, 1.54) is 24.3 Å². The monoisotopic (exact) mass is 243 g/mol. The molecule has 1 saturated carbocycles. The van der Waals surface area contributed by atoms with Crippen molar-refractivity contribution in [1.82, 2.24) is 5.06 Å². The number of carbonyl (C=O) groups excluding carboxylic acids is 1. The zero-order valence-corrected chi connectivity index (χ0v) is 11.3. The molecule has 4 heteroatoms. The van der Waals surface area contributed by atoms with Crippen LogP contribution >= 0.6 is 0 Å². The first-order valence-electron chi connectivity index (χ1n) is 6.74. The van der Waals surface area contributed by atoms with Crippen molar-refractivity contribution in [3.05, 3.63) is 0 Å². The second-order valence-electron chi connectivity index (χ2n) is 5.01. The zero-order chi connectivity index (χ0) is 12.7. The summed E-state index contributed by atoms with van der Waals surface area (Å²) in [5.41, 5.74) is 0. The van der Waals surface area contributed by atoms with Gasteiger partial charge in [0, 0.05) is 0 Å². The van der Waals surface area contributed by atoms with Gasteiger partial charge in [-0.05, 0) is 25.7 Å². The summed E-state index contributed by atoms with van der Waals surface area (Å²) in [5.74, 6) is 0.413. The molecule has 1 aliphatic rings. The van der Waals surface area contributed by atoms with Crippen LogP contribution in [0.25, 0.3) is 0 Å². The Labute approximate surface area is 104 Å². The lowest BCUT2D eigenvalue weighted by molar-refractivity contribution is -0.173. The second kappa shape index (κ2) is 7.54. The van der Waals surface area contributed by atoms with Crippen LogP contribution in [0.4, 0.5) is 4.79 Å². The molecule has 1 fully saturated rings. The highest BCUT2D eigenvalue weighted by Crippen LogP contribution is 2.23. The van der Waals surface area contributed by atoms with Gasteiger partial charge in [0.2, 0.25) is 0 Å². The molecule has 17 heavy (non-hydrogen) atoms. The normalized spacial score (nSPS) is 17.2. The van der Waals surface area contributed by atoms with E-state index in [4.69, 9.17) is 9.57 Å². The second-order valence-corrected chi connectivity index (χ2v) is 5.01. The smallest absolute Gasteiger partial charge is 0.434 e. The lowest BCUT2D eigenvalue weighted by Gasteiger charge is -2.32. The molecule has 0 radical (unpaired) electrons. The molecule has 4 nitrogen and oxygen atoms in total. The lowest BCUT2D eigenvalue weighted by Crippen LogP contribution is -2.42. The Kier molecular flexibility index (Phi) is 6.34. The molecule has 0 saturated heterocycles. The van der Waals surface area contributed by atoms with Gasteiger partial charge in [-0.15, -0.1) is 0 Å². The Morgan fingerprint density at radius 1 is 1.29 bits per heavy atom. The summed E-state index contributed by atoms with van der Waals surface area (Å²) < 4.78 is 5.05. The fourth-order valence-corrected chi connectivity index (χ4v) is 2.04. The topological polar surface area (TPSA) is 38.8 Å². The van der Waals surface area contributed by atoms with Gasteiger partial charge >= 0.3 is 6.09 Å². The van der Waals surface area contributed by atoms with Crippen LogP contribution in [-0.2, 0) is 9.57 Å². The standard InChI is InChI=1S/C13H25NO3/c1-4-16-13(15)14(17-10-11(2)3)12-8-6-5-7-9-12/h11-12H,4-10H2,1-3H3. The third-order valence-corrected chi connectivity index (χ3v) is 2.90. The Balaban J connectivity index is 2.53. The molecule has 0 bridgehead atoms. The van der Waals surface area contributed by atoms with Crippen molar-refractivity contribution in [2.75, 3.05) is 13.2 Å². The lowest BCUT2D eigenvalue weighted by atomic mass is 9.95. The molecule has 0 spiro atoms. The highest BCUT2D eigenvalue weighted by molar-refractivity contribution is 5.66. The van der Waals surface area contributed by atoms with E-state index in [-0.39, 0.29) is 12.1 Å². The number of rotatable bonds is 5. The van der Waals surface area contributed by atoms with Crippen LogP contribution in [0.5, 0.6) is 0 Å². The first kappa shape index (κ1) is 14.3. The van der Waals surface area contributed by atoms with Crippen molar-refractivity contribution in [3.63, 3.8) is 0 Å². The van der Waals surface area contributed by atoms with Crippen molar-refractivity contribution < 1.29 is 14.4 Å². The van der Waals surface area contributed by atoms with Gasteiger partial charge in [0.15, 0.2) is 0 Å². The summed E-state index contributed by atoms with van der Waals surface area (Å²) in [5, 5.41) is 1.47. The highest BCUT2D eigenvalue weighted by atomic mass is 16.7. The van der Waals surface area contributed by atoms with E-state index in [0.717, 1.165) is 12.8 Å². The van der Waals surface area contributed by atoms with E-state index < -0.39 is 0 Å². The maximum atomic E-state index is 11.8. The number of hydrogen-bond acceptors (Lipinski definition) is 3. The maximum Gasteiger partial charge on any atom is 0.434 e. The van der Waals surface area contributed by atoms with Gasteiger partial charge in [0.25, 0.3) is 0 Å². The number of hydrogen-bond donors (Lipinski definition) is 0. The molecule has 0 aromatic carbocycles. The molecule has 0 atom stereocenters. The van der Waals surface area contributed by atoms with E-state index >= 15 is 0 Å². The number of nitrogens with zero attached hydrogens (tertiary/aromatic N) is 1. The van der Waals surface area contributed by atoms with Crippen LogP contribution in [0, 0.1) is 5.92 Å². The molecule has 0 aromatic heterocycles. The van der Waals surface area contributed by atoms with Crippen molar-refractivity contribution >= 4 is 6.09 Å². The average Bonchev–Trinajstić information content (AvgIpc) is 2.30. The summed E-state index contributed by atoms with van der Waals surface area (Å²) in [6, 6.07) is 0.196. The molecule has 0 heterocycles. The van der Waals surface area contributed by atoms with E-state index in [2.05, 4.69) is 13.8 Å². The largest absolute Gasteiger partial charge is 0.448 e. The fraction of sp³-hybridized carbons (Fsp3) is 0.923. The van der Waals surface area contributed by atoms with Crippen LogP contribution in [0.2, 0.25) is 0 Å². The molecule has 0 aliphatic heterocycles. The van der Waals surface area contributed by atoms with Crippen LogP contribution < -0.4 is 0 Å². The van der Waals surface area contributed by atoms with E-state index in [1.54, 1.807) is 0 Å². The van der Waals surface area contributed by atoms with Gasteiger partial charge in [-0.1, -0.05) is 33.1 Å². The molecular formula is C13H25NO3.